The molecule has 2 aliphatic rings. The summed E-state index contributed by atoms with van der Waals surface area (Å²) in [6.07, 6.45) is 0. The van der Waals surface area contributed by atoms with Crippen LogP contribution in [0.5, 0.6) is 0 Å². The Morgan fingerprint density at radius 1 is 0.264 bits per heavy atom. The van der Waals surface area contributed by atoms with E-state index in [1.54, 1.807) is 22.7 Å². The number of thiophene rings is 4. The summed E-state index contributed by atoms with van der Waals surface area (Å²) >= 11 is 22.7. The predicted molar refractivity (Wildman–Crippen MR) is 464 cm³/mol. The van der Waals surface area contributed by atoms with Crippen molar-refractivity contribution < 1.29 is 10.2 Å². The van der Waals surface area contributed by atoms with Gasteiger partial charge in [-0.1, -0.05) is 327 Å². The fourth-order valence-electron chi connectivity index (χ4n) is 16.4. The Morgan fingerprint density at radius 3 is 0.764 bits per heavy atom. The minimum absolute atomic E-state index is 0.481. The van der Waals surface area contributed by atoms with Crippen molar-refractivity contribution in [1.82, 2.24) is 0 Å². The van der Waals surface area contributed by atoms with E-state index in [1.807, 2.05) is 83.3 Å². The summed E-state index contributed by atoms with van der Waals surface area (Å²) in [5, 5.41) is 26.0. The summed E-state index contributed by atoms with van der Waals surface area (Å²) in [7, 11) is 0. The van der Waals surface area contributed by atoms with Gasteiger partial charge in [-0.05, 0) is 194 Å². The van der Waals surface area contributed by atoms with Crippen LogP contribution in [0.3, 0.4) is 0 Å². The van der Waals surface area contributed by atoms with E-state index < -0.39 is 22.0 Å². The zero-order chi connectivity index (χ0) is 73.3. The lowest BCUT2D eigenvalue weighted by molar-refractivity contribution is 0.126. The molecule has 0 saturated heterocycles. The summed E-state index contributed by atoms with van der Waals surface area (Å²) < 4.78 is 9.10. The third kappa shape index (κ3) is 11.7. The van der Waals surface area contributed by atoms with Crippen molar-refractivity contribution in [2.45, 2.75) is 77.4 Å². The quantitative estimate of drug-likeness (QED) is 0.120. The Hall–Kier alpha value is -8.20. The van der Waals surface area contributed by atoms with Gasteiger partial charge < -0.3 is 10.2 Å². The van der Waals surface area contributed by atoms with E-state index in [9.17, 15) is 10.2 Å². The minimum Gasteiger partial charge on any atom is -0.376 e. The molecule has 10 heteroatoms. The van der Waals surface area contributed by atoms with Crippen molar-refractivity contribution in [3.63, 3.8) is 0 Å². The van der Waals surface area contributed by atoms with Gasteiger partial charge in [0, 0.05) is 69.1 Å². The molecule has 4 heterocycles. The molecule has 0 radical (unpaired) electrons. The lowest BCUT2D eigenvalue weighted by atomic mass is 9.66. The van der Waals surface area contributed by atoms with E-state index in [4.69, 9.17) is 0 Å². The van der Waals surface area contributed by atoms with Gasteiger partial charge in [-0.15, -0.1) is 45.3 Å². The van der Waals surface area contributed by atoms with Crippen molar-refractivity contribution >= 4 is 128 Å². The molecule has 0 atom stereocenters. The maximum absolute atomic E-state index is 13.0. The Kier molecular flexibility index (Phi) is 18.3. The van der Waals surface area contributed by atoms with Gasteiger partial charge in [0.05, 0.1) is 20.2 Å². The van der Waals surface area contributed by atoms with Crippen molar-refractivity contribution in [3.8, 4) is 41.8 Å². The summed E-state index contributed by atoms with van der Waals surface area (Å²) in [4.78, 5) is 4.92. The largest absolute Gasteiger partial charge is 0.376 e. The molecule has 4 aromatic heterocycles. The maximum Gasteiger partial charge on any atom is 0.141 e. The van der Waals surface area contributed by atoms with Crippen molar-refractivity contribution in [2.75, 3.05) is 0 Å². The molecule has 0 fully saturated rings. The number of aryl methyl sites for hydroxylation is 8. The molecule has 0 aliphatic heterocycles. The van der Waals surface area contributed by atoms with Gasteiger partial charge in [0.1, 0.15) is 11.2 Å². The number of benzene rings is 12. The molecule has 0 spiro atoms. The molecule has 2 aliphatic carbocycles. The summed E-state index contributed by atoms with van der Waals surface area (Å²) in [5.41, 5.74) is 26.1. The zero-order valence-electron chi connectivity index (χ0n) is 59.6. The molecule has 12 aromatic carbocycles. The van der Waals surface area contributed by atoms with Crippen LogP contribution in [-0.2, 0) is 22.0 Å². The highest BCUT2D eigenvalue weighted by Crippen LogP contribution is 2.69. The number of hydrogen-bond donors (Lipinski definition) is 2. The SMILES string of the molecule is Cc1ccc(C(O)(c2ccc(C)cc2)c2cc(Br)ccc2-c2cc3sc(-c4ccc(Br)cc4C(O)(c4ccc(C)cc4)c4ccc(C)cc4)cc3s2)cc1.Cc1ccc(C2(c3ccc(C)cc3)c3cc(Br)ccc3-c3sc4c5c(sc4c32)-c2ccc(Br)cc2C5(c2ccc(C)cc2)c2ccc(C)cc2)cc1. The fourth-order valence-corrected chi connectivity index (χ4v) is 23.5. The average molecular weight is 1710 g/mol. The van der Waals surface area contributed by atoms with E-state index in [0.717, 1.165) is 104 Å². The van der Waals surface area contributed by atoms with E-state index in [2.05, 4.69) is 337 Å². The van der Waals surface area contributed by atoms with Gasteiger partial charge in [0.25, 0.3) is 0 Å². The van der Waals surface area contributed by atoms with Crippen LogP contribution >= 0.6 is 109 Å². The second kappa shape index (κ2) is 27.5. The normalized spacial score (nSPS) is 13.3. The first-order valence-electron chi connectivity index (χ1n) is 35.5. The van der Waals surface area contributed by atoms with Gasteiger partial charge in [-0.2, -0.15) is 0 Å². The van der Waals surface area contributed by atoms with Crippen LogP contribution in [0.15, 0.2) is 297 Å². The molecule has 16 aromatic rings. The van der Waals surface area contributed by atoms with Gasteiger partial charge >= 0.3 is 0 Å². The first kappa shape index (κ1) is 70.8. The van der Waals surface area contributed by atoms with Crippen LogP contribution in [0.1, 0.15) is 122 Å². The first-order chi connectivity index (χ1) is 51.1. The number of fused-ring (bicyclic) bond motifs is 10. The molecular weight excluding hydrogens is 1630 g/mol. The minimum atomic E-state index is -1.40. The van der Waals surface area contributed by atoms with Crippen LogP contribution in [0.4, 0.5) is 0 Å². The molecule has 0 unspecified atom stereocenters. The molecular formula is C96H72Br4O2S4. The second-order valence-corrected chi connectivity index (χ2v) is 36.7. The summed E-state index contributed by atoms with van der Waals surface area (Å²) in [5.74, 6) is 0. The summed E-state index contributed by atoms with van der Waals surface area (Å²) in [6.45, 7) is 17.0. The predicted octanol–water partition coefficient (Wildman–Crippen LogP) is 28.1. The Bertz CT molecular complexity index is 5500. The van der Waals surface area contributed by atoms with Crippen molar-refractivity contribution in [2.24, 2.45) is 0 Å². The molecule has 0 saturated carbocycles. The molecule has 2 nitrogen and oxygen atoms in total. The van der Waals surface area contributed by atoms with E-state index in [0.29, 0.717) is 0 Å². The van der Waals surface area contributed by atoms with Crippen molar-refractivity contribution in [1.29, 1.82) is 0 Å². The fraction of sp³-hybridized carbons (Fsp3) is 0.125. The number of aliphatic hydroxyl groups is 2. The van der Waals surface area contributed by atoms with Crippen LogP contribution in [0.25, 0.3) is 60.6 Å². The van der Waals surface area contributed by atoms with E-state index in [-0.39, 0.29) is 0 Å². The smallest absolute Gasteiger partial charge is 0.141 e. The monoisotopic (exact) mass is 1700 g/mol. The van der Waals surface area contributed by atoms with Gasteiger partial charge in [-0.25, -0.2) is 0 Å². The van der Waals surface area contributed by atoms with Crippen LogP contribution in [-0.4, -0.2) is 10.2 Å². The Balaban J connectivity index is 0.000000156. The van der Waals surface area contributed by atoms with Crippen LogP contribution in [0, 0.1) is 55.4 Å². The molecule has 106 heavy (non-hydrogen) atoms. The molecule has 2 N–H and O–H groups in total. The lowest BCUT2D eigenvalue weighted by Gasteiger charge is -2.34. The number of rotatable bonds is 12. The third-order valence-electron chi connectivity index (χ3n) is 21.8. The zero-order valence-corrected chi connectivity index (χ0v) is 69.2. The van der Waals surface area contributed by atoms with E-state index >= 15 is 0 Å². The highest BCUT2D eigenvalue weighted by molar-refractivity contribution is 9.11. The topological polar surface area (TPSA) is 40.5 Å². The third-order valence-corrected chi connectivity index (χ3v) is 28.8. The Labute approximate surface area is 670 Å². The van der Waals surface area contributed by atoms with Crippen LogP contribution < -0.4 is 0 Å². The number of hydrogen-bond acceptors (Lipinski definition) is 6. The molecule has 0 amide bonds. The van der Waals surface area contributed by atoms with Gasteiger partial charge in [0.2, 0.25) is 0 Å². The maximum atomic E-state index is 13.0. The highest BCUT2D eigenvalue weighted by atomic mass is 79.9. The van der Waals surface area contributed by atoms with Crippen LogP contribution in [0.2, 0.25) is 0 Å². The Morgan fingerprint density at radius 2 is 0.500 bits per heavy atom. The first-order valence-corrected chi connectivity index (χ1v) is 42.0. The lowest BCUT2D eigenvalue weighted by Crippen LogP contribution is -2.29. The van der Waals surface area contributed by atoms with Gasteiger partial charge in [-0.3, -0.25) is 0 Å². The highest BCUT2D eigenvalue weighted by Gasteiger charge is 2.54. The second-order valence-electron chi connectivity index (χ2n) is 28.8. The number of halogens is 4. The molecule has 0 bridgehead atoms. The standard InChI is InChI=1S/C48H38Br2O2S2.C48H34Br2S2/c1-29-5-13-33(14-6-29)47(51,34-15-7-30(2)8-16-34)41-25-37(49)21-23-39(41)43-27-45-46(53-43)28-44(54-45)40-24-22-38(50)26-42(40)48(52,35-17-9-31(3)10-18-35)36-19-11-32(4)12-20-36;1-27-5-13-31(14-6-27)47(32-15-7-28(2)8-16-32)39-25-35(49)21-23-37(39)43-41(47)45-46(51-43)42-44(52-45)38-24-22-36(50)26-40(38)48(42,33-17-9-29(3)10-18-33)34-19-11-30(4)12-20-34/h5-28,51-52H,1-4H3;5-26H,1-4H3. The van der Waals surface area contributed by atoms with E-state index in [1.165, 1.54) is 97.0 Å². The van der Waals surface area contributed by atoms with Crippen molar-refractivity contribution in [3.05, 3.63) is 419 Å². The summed E-state index contributed by atoms with van der Waals surface area (Å²) in [6, 6.07) is 101. The molecule has 18 rings (SSSR count). The van der Waals surface area contributed by atoms with Gasteiger partial charge in [0.15, 0.2) is 0 Å². The molecule has 520 valence electrons. The average Bonchev–Trinajstić information content (AvgIpc) is 1.49.